The Labute approximate surface area is 128 Å². The molecule has 21 heavy (non-hydrogen) atoms. The molecule has 110 valence electrons. The Kier molecular flexibility index (Phi) is 4.23. The Morgan fingerprint density at radius 1 is 1.29 bits per heavy atom. The third-order valence-corrected chi connectivity index (χ3v) is 4.27. The molecule has 0 unspecified atom stereocenters. The topological polar surface area (TPSA) is 57.6 Å². The van der Waals surface area contributed by atoms with Crippen LogP contribution in [0.25, 0.3) is 6.08 Å². The van der Waals surface area contributed by atoms with Crippen LogP contribution in [0.3, 0.4) is 0 Å². The van der Waals surface area contributed by atoms with E-state index < -0.39 is 0 Å². The predicted octanol–water partition coefficient (Wildman–Crippen LogP) is 3.62. The molecule has 1 fully saturated rings. The average molecular weight is 303 g/mol. The maximum atomic E-state index is 12.3. The number of carbonyl (C=O) groups is 2. The molecule has 1 N–H and O–H groups in total. The molecule has 4 nitrogen and oxygen atoms in total. The maximum Gasteiger partial charge on any atom is 0.294 e. The van der Waals surface area contributed by atoms with Gasteiger partial charge in [0.25, 0.3) is 11.1 Å². The van der Waals surface area contributed by atoms with Crippen LogP contribution in [-0.4, -0.2) is 27.2 Å². The first-order valence-electron chi connectivity index (χ1n) is 6.55. The van der Waals surface area contributed by atoms with Gasteiger partial charge in [-0.05, 0) is 67.4 Å². The summed E-state index contributed by atoms with van der Waals surface area (Å²) in [6.07, 6.45) is 3.24. The smallest absolute Gasteiger partial charge is 0.294 e. The second-order valence-electron chi connectivity index (χ2n) is 5.03. The Balaban J connectivity index is 2.37. The van der Waals surface area contributed by atoms with Crippen molar-refractivity contribution in [2.75, 3.05) is 0 Å². The second-order valence-corrected chi connectivity index (χ2v) is 6.02. The van der Waals surface area contributed by atoms with Gasteiger partial charge in [-0.25, -0.2) is 0 Å². The molecule has 0 aromatic heterocycles. The van der Waals surface area contributed by atoms with Gasteiger partial charge in [0.05, 0.1) is 10.9 Å². The molecule has 1 aromatic carbocycles. The summed E-state index contributed by atoms with van der Waals surface area (Å²) in [5.74, 6) is -0.0543. The van der Waals surface area contributed by atoms with Crippen molar-refractivity contribution in [3.63, 3.8) is 0 Å². The minimum Gasteiger partial charge on any atom is -0.507 e. The fourth-order valence-corrected chi connectivity index (χ4v) is 3.08. The molecule has 0 aliphatic carbocycles. The quantitative estimate of drug-likeness (QED) is 0.684. The normalized spacial score (nSPS) is 18.4. The van der Waals surface area contributed by atoms with E-state index in [1.165, 1.54) is 4.90 Å². The van der Waals surface area contributed by atoms with Gasteiger partial charge in [0.15, 0.2) is 0 Å². The lowest BCUT2D eigenvalue weighted by atomic mass is 10.1. The summed E-state index contributed by atoms with van der Waals surface area (Å²) < 4.78 is 0. The van der Waals surface area contributed by atoms with Crippen molar-refractivity contribution < 1.29 is 14.7 Å². The molecule has 1 heterocycles. The first-order valence-corrected chi connectivity index (χ1v) is 7.36. The largest absolute Gasteiger partial charge is 0.507 e. The number of benzene rings is 1. The molecular weight excluding hydrogens is 286 g/mol. The van der Waals surface area contributed by atoms with Crippen LogP contribution >= 0.6 is 11.8 Å². The first-order chi connectivity index (χ1) is 9.85. The van der Waals surface area contributed by atoms with Crippen molar-refractivity contribution in [1.29, 1.82) is 0 Å². The van der Waals surface area contributed by atoms with Crippen LogP contribution < -0.4 is 0 Å². The van der Waals surface area contributed by atoms with E-state index in [2.05, 4.69) is 6.58 Å². The van der Waals surface area contributed by atoms with Crippen molar-refractivity contribution in [1.82, 2.24) is 4.90 Å². The van der Waals surface area contributed by atoms with Gasteiger partial charge < -0.3 is 5.11 Å². The summed E-state index contributed by atoms with van der Waals surface area (Å²) in [7, 11) is 0. The van der Waals surface area contributed by atoms with E-state index in [9.17, 15) is 14.7 Å². The van der Waals surface area contributed by atoms with Gasteiger partial charge in [-0.15, -0.1) is 6.58 Å². The molecular formula is C16H17NO3S. The van der Waals surface area contributed by atoms with Crippen LogP contribution in [0.2, 0.25) is 0 Å². The van der Waals surface area contributed by atoms with Crippen molar-refractivity contribution >= 4 is 29.0 Å². The van der Waals surface area contributed by atoms with Gasteiger partial charge in [0.1, 0.15) is 5.75 Å². The number of imide groups is 1. The molecule has 0 bridgehead atoms. The number of hydrogen-bond donors (Lipinski definition) is 1. The van der Waals surface area contributed by atoms with Gasteiger partial charge in [-0.1, -0.05) is 6.08 Å². The molecule has 1 aromatic rings. The molecule has 1 aliphatic rings. The van der Waals surface area contributed by atoms with Gasteiger partial charge >= 0.3 is 0 Å². The van der Waals surface area contributed by atoms with Crippen molar-refractivity contribution in [2.24, 2.45) is 0 Å². The predicted molar refractivity (Wildman–Crippen MR) is 85.0 cm³/mol. The second kappa shape index (κ2) is 5.77. The lowest BCUT2D eigenvalue weighted by Gasteiger charge is -2.17. The molecule has 0 saturated carbocycles. The number of nitrogens with zero attached hydrogens (tertiary/aromatic N) is 1. The minimum atomic E-state index is -0.327. The number of amides is 2. The number of phenolic OH excluding ortho intramolecular Hbond substituents is 1. The summed E-state index contributed by atoms with van der Waals surface area (Å²) in [4.78, 5) is 25.8. The number of carbonyl (C=O) groups excluding carboxylic acids is 2. The highest BCUT2D eigenvalue weighted by molar-refractivity contribution is 8.18. The van der Waals surface area contributed by atoms with Crippen LogP contribution in [0.5, 0.6) is 5.75 Å². The summed E-state index contributed by atoms with van der Waals surface area (Å²) in [5, 5.41) is 9.48. The summed E-state index contributed by atoms with van der Waals surface area (Å²) >= 11 is 0.925. The molecule has 1 saturated heterocycles. The Hall–Kier alpha value is -2.01. The van der Waals surface area contributed by atoms with Crippen molar-refractivity contribution in [3.05, 3.63) is 46.4 Å². The molecule has 0 spiro atoms. The Morgan fingerprint density at radius 3 is 2.38 bits per heavy atom. The number of rotatable bonds is 3. The number of aromatic hydroxyl groups is 1. The standard InChI is InChI=1S/C16H17NO3S/c1-5-11(4)17-15(19)13(21-16(17)20)8-12-6-9(2)14(18)10(3)7-12/h5-8,11,18H,1H2,2-4H3/b13-8-/t11-/m0/s1. The number of hydrogen-bond acceptors (Lipinski definition) is 4. The third-order valence-electron chi connectivity index (χ3n) is 3.38. The monoisotopic (exact) mass is 303 g/mol. The summed E-state index contributed by atoms with van der Waals surface area (Å²) in [5.41, 5.74) is 2.26. The fraction of sp³-hybridized carbons (Fsp3) is 0.250. The molecule has 2 rings (SSSR count). The highest BCUT2D eigenvalue weighted by atomic mass is 32.2. The maximum absolute atomic E-state index is 12.3. The van der Waals surface area contributed by atoms with Gasteiger partial charge in [-0.2, -0.15) is 0 Å². The van der Waals surface area contributed by atoms with Crippen LogP contribution in [0.4, 0.5) is 4.79 Å². The first kappa shape index (κ1) is 15.4. The fourth-order valence-electron chi connectivity index (χ4n) is 2.16. The van der Waals surface area contributed by atoms with Crippen molar-refractivity contribution in [3.8, 4) is 5.75 Å². The van der Waals surface area contributed by atoms with Crippen molar-refractivity contribution in [2.45, 2.75) is 26.8 Å². The molecule has 1 aliphatic heterocycles. The summed E-state index contributed by atoms with van der Waals surface area (Å²) in [6.45, 7) is 8.96. The molecule has 2 amide bonds. The Morgan fingerprint density at radius 2 is 1.86 bits per heavy atom. The highest BCUT2D eigenvalue weighted by Gasteiger charge is 2.37. The van der Waals surface area contributed by atoms with E-state index in [1.807, 2.05) is 0 Å². The zero-order valence-corrected chi connectivity index (χ0v) is 13.0. The van der Waals surface area contributed by atoms with Gasteiger partial charge in [0.2, 0.25) is 0 Å². The van der Waals surface area contributed by atoms with Crippen LogP contribution in [0, 0.1) is 13.8 Å². The van der Waals surface area contributed by atoms with Crippen LogP contribution in [0.15, 0.2) is 29.7 Å². The molecule has 0 radical (unpaired) electrons. The Bertz CT molecular complexity index is 640. The highest BCUT2D eigenvalue weighted by Crippen LogP contribution is 2.34. The number of phenols is 1. The third kappa shape index (κ3) is 2.88. The summed E-state index contributed by atoms with van der Waals surface area (Å²) in [6, 6.07) is 3.24. The van der Waals surface area contributed by atoms with E-state index in [1.54, 1.807) is 45.1 Å². The van der Waals surface area contributed by atoms with Gasteiger partial charge in [0, 0.05) is 0 Å². The number of aryl methyl sites for hydroxylation is 2. The number of thioether (sulfide) groups is 1. The lowest BCUT2D eigenvalue weighted by molar-refractivity contribution is -0.123. The zero-order valence-electron chi connectivity index (χ0n) is 12.2. The SMILES string of the molecule is C=C[C@H](C)N1C(=O)S/C(=C\c2cc(C)c(O)c(C)c2)C1=O. The average Bonchev–Trinajstić information content (AvgIpc) is 2.70. The van der Waals surface area contributed by atoms with E-state index in [0.29, 0.717) is 4.91 Å². The molecule has 5 heteroatoms. The lowest BCUT2D eigenvalue weighted by Crippen LogP contribution is -2.35. The molecule has 1 atom stereocenters. The van der Waals surface area contributed by atoms with E-state index in [-0.39, 0.29) is 22.9 Å². The van der Waals surface area contributed by atoms with Crippen LogP contribution in [0.1, 0.15) is 23.6 Å². The van der Waals surface area contributed by atoms with E-state index >= 15 is 0 Å². The minimum absolute atomic E-state index is 0.250. The van der Waals surface area contributed by atoms with E-state index in [0.717, 1.165) is 28.5 Å². The zero-order chi connectivity index (χ0) is 15.7. The van der Waals surface area contributed by atoms with E-state index in [4.69, 9.17) is 0 Å². The van der Waals surface area contributed by atoms with Crippen LogP contribution in [-0.2, 0) is 4.79 Å². The van der Waals surface area contributed by atoms with Gasteiger partial charge in [-0.3, -0.25) is 14.5 Å².